The fraction of sp³-hybridized carbons (Fsp3) is 0.867. The fourth-order valence-electron chi connectivity index (χ4n) is 3.12. The van der Waals surface area contributed by atoms with Crippen LogP contribution in [-0.4, -0.2) is 50.3 Å². The summed E-state index contributed by atoms with van der Waals surface area (Å²) in [6.07, 6.45) is 9.79. The van der Waals surface area contributed by atoms with Gasteiger partial charge in [0.15, 0.2) is 0 Å². The van der Waals surface area contributed by atoms with E-state index in [1.165, 1.54) is 32.1 Å². The summed E-state index contributed by atoms with van der Waals surface area (Å²) < 4.78 is 1.07. The summed E-state index contributed by atoms with van der Waals surface area (Å²) in [5.74, 6) is 0.304. The van der Waals surface area contributed by atoms with Crippen molar-refractivity contribution in [3.05, 3.63) is 0 Å². The number of carbonyl (C=O) groups is 1. The molecule has 6 heteroatoms. The summed E-state index contributed by atoms with van der Waals surface area (Å²) in [5, 5.41) is 8.63. The molecule has 120 valence electrons. The number of thioether (sulfide) groups is 1. The van der Waals surface area contributed by atoms with Crippen LogP contribution in [0.25, 0.3) is 0 Å². The number of aliphatic carboxylic acids is 1. The van der Waals surface area contributed by atoms with E-state index >= 15 is 0 Å². The molecule has 0 radical (unpaired) electrons. The minimum absolute atomic E-state index is 0.299. The molecule has 0 bridgehead atoms. The van der Waals surface area contributed by atoms with E-state index in [2.05, 4.69) is 9.80 Å². The number of unbranched alkanes of at least 4 members (excludes halogenated alkanes) is 2. The van der Waals surface area contributed by atoms with Crippen molar-refractivity contribution in [2.24, 2.45) is 0 Å². The standard InChI is InChI=1S/C15H26N2O2S2/c18-14(19)9-5-2-6-10-16-11-17(15(20)21-12-16)13-7-3-1-4-8-13/h13H,1-12H2,(H,18,19). The second kappa shape index (κ2) is 8.96. The average molecular weight is 331 g/mol. The number of hydrogen-bond donors (Lipinski definition) is 1. The molecule has 21 heavy (non-hydrogen) atoms. The van der Waals surface area contributed by atoms with Gasteiger partial charge in [-0.1, -0.05) is 49.7 Å². The van der Waals surface area contributed by atoms with Gasteiger partial charge in [-0.2, -0.15) is 0 Å². The maximum absolute atomic E-state index is 10.5. The molecule has 2 fully saturated rings. The molecule has 0 atom stereocenters. The van der Waals surface area contributed by atoms with Gasteiger partial charge in [-0.25, -0.2) is 0 Å². The number of carboxylic acids is 1. The molecule has 2 rings (SSSR count). The van der Waals surface area contributed by atoms with Gasteiger partial charge in [-0.05, 0) is 25.7 Å². The number of hydrogen-bond acceptors (Lipinski definition) is 4. The van der Waals surface area contributed by atoms with Gasteiger partial charge in [0.25, 0.3) is 0 Å². The first-order valence-electron chi connectivity index (χ1n) is 8.04. The lowest BCUT2D eigenvalue weighted by Crippen LogP contribution is -2.50. The Balaban J connectivity index is 1.69. The van der Waals surface area contributed by atoms with Crippen molar-refractivity contribution in [1.82, 2.24) is 9.80 Å². The first-order chi connectivity index (χ1) is 10.2. The van der Waals surface area contributed by atoms with E-state index in [4.69, 9.17) is 17.3 Å². The predicted molar refractivity (Wildman–Crippen MR) is 91.4 cm³/mol. The fourth-order valence-corrected chi connectivity index (χ4v) is 4.37. The van der Waals surface area contributed by atoms with E-state index in [1.54, 1.807) is 11.8 Å². The van der Waals surface area contributed by atoms with Crippen molar-refractivity contribution in [2.45, 2.75) is 63.8 Å². The van der Waals surface area contributed by atoms with E-state index in [9.17, 15) is 4.79 Å². The van der Waals surface area contributed by atoms with Crippen LogP contribution in [0.3, 0.4) is 0 Å². The highest BCUT2D eigenvalue weighted by Crippen LogP contribution is 2.28. The van der Waals surface area contributed by atoms with Gasteiger partial charge in [-0.3, -0.25) is 9.69 Å². The average Bonchev–Trinajstić information content (AvgIpc) is 2.49. The normalized spacial score (nSPS) is 21.7. The van der Waals surface area contributed by atoms with Crippen molar-refractivity contribution in [3.63, 3.8) is 0 Å². The summed E-state index contributed by atoms with van der Waals surface area (Å²) >= 11 is 7.33. The second-order valence-corrected chi connectivity index (χ2v) is 7.62. The molecular formula is C15H26N2O2S2. The minimum atomic E-state index is -0.683. The van der Waals surface area contributed by atoms with E-state index in [-0.39, 0.29) is 0 Å². The zero-order valence-electron chi connectivity index (χ0n) is 12.6. The molecule has 1 saturated heterocycles. The molecule has 1 aliphatic heterocycles. The van der Waals surface area contributed by atoms with Gasteiger partial charge < -0.3 is 10.0 Å². The lowest BCUT2D eigenvalue weighted by Gasteiger charge is -2.42. The van der Waals surface area contributed by atoms with Crippen LogP contribution < -0.4 is 0 Å². The highest BCUT2D eigenvalue weighted by Gasteiger charge is 2.28. The van der Waals surface area contributed by atoms with Crippen molar-refractivity contribution < 1.29 is 9.90 Å². The molecule has 0 unspecified atom stereocenters. The second-order valence-electron chi connectivity index (χ2n) is 6.04. The Labute approximate surface area is 137 Å². The van der Waals surface area contributed by atoms with Crippen LogP contribution in [0.5, 0.6) is 0 Å². The third kappa shape index (κ3) is 5.75. The van der Waals surface area contributed by atoms with Crippen molar-refractivity contribution in [3.8, 4) is 0 Å². The maximum Gasteiger partial charge on any atom is 0.303 e. The smallest absolute Gasteiger partial charge is 0.303 e. The molecule has 1 saturated carbocycles. The summed E-state index contributed by atoms with van der Waals surface area (Å²) in [7, 11) is 0. The zero-order chi connectivity index (χ0) is 15.1. The lowest BCUT2D eigenvalue weighted by atomic mass is 9.95. The topological polar surface area (TPSA) is 43.8 Å². The van der Waals surface area contributed by atoms with Crippen LogP contribution in [0.15, 0.2) is 0 Å². The molecule has 4 nitrogen and oxygen atoms in total. The minimum Gasteiger partial charge on any atom is -0.481 e. The SMILES string of the molecule is O=C(O)CCCCCN1CSC(=S)N(C2CCCCC2)C1. The molecular weight excluding hydrogens is 304 g/mol. The first-order valence-corrected chi connectivity index (χ1v) is 9.44. The highest BCUT2D eigenvalue weighted by molar-refractivity contribution is 8.22. The Morgan fingerprint density at radius 1 is 1.24 bits per heavy atom. The summed E-state index contributed by atoms with van der Waals surface area (Å²) in [4.78, 5) is 15.4. The van der Waals surface area contributed by atoms with E-state index in [0.717, 1.165) is 42.7 Å². The molecule has 1 heterocycles. The Morgan fingerprint density at radius 3 is 2.71 bits per heavy atom. The van der Waals surface area contributed by atoms with Gasteiger partial charge in [0.2, 0.25) is 0 Å². The molecule has 1 N–H and O–H groups in total. The van der Waals surface area contributed by atoms with Gasteiger partial charge in [0.1, 0.15) is 4.32 Å². The number of carboxylic acid groups (broad SMARTS) is 1. The summed E-state index contributed by atoms with van der Waals surface area (Å²) in [5.41, 5.74) is 0. The van der Waals surface area contributed by atoms with Gasteiger partial charge >= 0.3 is 5.97 Å². The highest BCUT2D eigenvalue weighted by atomic mass is 32.2. The van der Waals surface area contributed by atoms with Crippen LogP contribution in [0.1, 0.15) is 57.8 Å². The van der Waals surface area contributed by atoms with Crippen molar-refractivity contribution >= 4 is 34.3 Å². The molecule has 0 aromatic heterocycles. The van der Waals surface area contributed by atoms with Crippen LogP contribution in [0.2, 0.25) is 0 Å². The Hall–Kier alpha value is -0.330. The summed E-state index contributed by atoms with van der Waals surface area (Å²) in [6.45, 7) is 2.02. The van der Waals surface area contributed by atoms with Crippen molar-refractivity contribution in [2.75, 3.05) is 19.1 Å². The Morgan fingerprint density at radius 2 is 2.00 bits per heavy atom. The Bertz CT molecular complexity index is 360. The van der Waals surface area contributed by atoms with Gasteiger partial charge in [-0.15, -0.1) is 0 Å². The third-order valence-electron chi connectivity index (χ3n) is 4.34. The van der Waals surface area contributed by atoms with E-state index in [1.807, 2.05) is 0 Å². The van der Waals surface area contributed by atoms with Gasteiger partial charge in [0.05, 0.1) is 12.5 Å². The molecule has 0 spiro atoms. The quantitative estimate of drug-likeness (QED) is 0.569. The Kier molecular flexibility index (Phi) is 7.26. The van der Waals surface area contributed by atoms with Crippen LogP contribution >= 0.6 is 24.0 Å². The lowest BCUT2D eigenvalue weighted by molar-refractivity contribution is -0.137. The van der Waals surface area contributed by atoms with Crippen molar-refractivity contribution in [1.29, 1.82) is 0 Å². The van der Waals surface area contributed by atoms with Gasteiger partial charge in [0, 0.05) is 19.0 Å². The van der Waals surface area contributed by atoms with Crippen LogP contribution in [-0.2, 0) is 4.79 Å². The molecule has 0 amide bonds. The largest absolute Gasteiger partial charge is 0.481 e. The maximum atomic E-state index is 10.5. The third-order valence-corrected chi connectivity index (χ3v) is 5.90. The van der Waals surface area contributed by atoms with E-state index < -0.39 is 5.97 Å². The number of rotatable bonds is 7. The first kappa shape index (κ1) is 17.0. The molecule has 2 aliphatic rings. The number of nitrogens with zero attached hydrogens (tertiary/aromatic N) is 2. The summed E-state index contributed by atoms with van der Waals surface area (Å²) in [6, 6.07) is 0.647. The molecule has 0 aromatic rings. The molecule has 1 aliphatic carbocycles. The molecule has 0 aromatic carbocycles. The van der Waals surface area contributed by atoms with E-state index in [0.29, 0.717) is 12.5 Å². The number of thiocarbonyl (C=S) groups is 1. The van der Waals surface area contributed by atoms with Crippen LogP contribution in [0, 0.1) is 0 Å². The monoisotopic (exact) mass is 330 g/mol. The van der Waals surface area contributed by atoms with Crippen LogP contribution in [0.4, 0.5) is 0 Å². The zero-order valence-corrected chi connectivity index (χ0v) is 14.3. The predicted octanol–water partition coefficient (Wildman–Crippen LogP) is 3.51.